The Bertz CT molecular complexity index is 833. The maximum absolute atomic E-state index is 9.34. The summed E-state index contributed by atoms with van der Waals surface area (Å²) in [6.07, 6.45) is 2.20. The van der Waals surface area contributed by atoms with Crippen molar-refractivity contribution in [1.29, 1.82) is 0 Å². The number of imidazole rings is 1. The number of ether oxygens (including phenoxy) is 2. The first-order chi connectivity index (χ1) is 13.3. The highest BCUT2D eigenvalue weighted by molar-refractivity contribution is 7.99. The predicted octanol–water partition coefficient (Wildman–Crippen LogP) is 4.38. The van der Waals surface area contributed by atoms with Crippen LogP contribution in [0.4, 0.5) is 0 Å². The van der Waals surface area contributed by atoms with Gasteiger partial charge >= 0.3 is 0 Å². The van der Waals surface area contributed by atoms with Gasteiger partial charge in [-0.25, -0.2) is 4.98 Å². The number of benzene rings is 2. The third kappa shape index (κ3) is 5.40. The van der Waals surface area contributed by atoms with Gasteiger partial charge in [0.2, 0.25) is 0 Å². The molecule has 0 spiro atoms. The lowest BCUT2D eigenvalue weighted by Crippen LogP contribution is -2.05. The van der Waals surface area contributed by atoms with Gasteiger partial charge in [0.1, 0.15) is 11.5 Å². The maximum Gasteiger partial charge on any atom is 0.169 e. The molecule has 27 heavy (non-hydrogen) atoms. The molecule has 0 unspecified atom stereocenters. The van der Waals surface area contributed by atoms with E-state index in [1.165, 1.54) is 0 Å². The van der Waals surface area contributed by atoms with Crippen LogP contribution in [0.15, 0.2) is 53.7 Å². The lowest BCUT2D eigenvalue weighted by atomic mass is 10.3. The van der Waals surface area contributed by atoms with E-state index in [1.807, 2.05) is 48.5 Å². The van der Waals surface area contributed by atoms with Gasteiger partial charge in [0.05, 0.1) is 30.9 Å². The molecule has 1 N–H and O–H groups in total. The summed E-state index contributed by atoms with van der Waals surface area (Å²) >= 11 is 1.64. The second kappa shape index (κ2) is 10.2. The summed E-state index contributed by atoms with van der Waals surface area (Å²) in [6, 6.07) is 15.8. The topological polar surface area (TPSA) is 56.5 Å². The molecule has 2 aromatic carbocycles. The molecule has 0 aliphatic heterocycles. The minimum absolute atomic E-state index is 0.0943. The average Bonchev–Trinajstić information content (AvgIpc) is 3.04. The van der Waals surface area contributed by atoms with E-state index < -0.39 is 0 Å². The van der Waals surface area contributed by atoms with Gasteiger partial charge in [0.25, 0.3) is 0 Å². The van der Waals surface area contributed by atoms with Gasteiger partial charge in [-0.1, -0.05) is 37.2 Å². The van der Waals surface area contributed by atoms with Crippen molar-refractivity contribution >= 4 is 22.8 Å². The summed E-state index contributed by atoms with van der Waals surface area (Å²) in [5.41, 5.74) is 2.00. The van der Waals surface area contributed by atoms with Crippen LogP contribution in [0.3, 0.4) is 0 Å². The third-order valence-corrected chi connectivity index (χ3v) is 5.06. The molecule has 0 saturated carbocycles. The van der Waals surface area contributed by atoms with Crippen molar-refractivity contribution in [3.05, 3.63) is 48.5 Å². The molecule has 0 aliphatic carbocycles. The fourth-order valence-corrected chi connectivity index (χ4v) is 3.60. The highest BCUT2D eigenvalue weighted by atomic mass is 32.2. The van der Waals surface area contributed by atoms with Crippen molar-refractivity contribution in [3.63, 3.8) is 0 Å². The van der Waals surface area contributed by atoms with Crippen LogP contribution < -0.4 is 9.47 Å². The number of aliphatic hydroxyl groups is 1. The van der Waals surface area contributed by atoms with Crippen molar-refractivity contribution in [1.82, 2.24) is 9.55 Å². The number of thioether (sulfide) groups is 1. The molecule has 3 rings (SSSR count). The van der Waals surface area contributed by atoms with Crippen molar-refractivity contribution in [2.24, 2.45) is 0 Å². The maximum atomic E-state index is 9.34. The summed E-state index contributed by atoms with van der Waals surface area (Å²) in [5, 5.41) is 10.3. The number of hydrogen-bond donors (Lipinski definition) is 1. The first kappa shape index (κ1) is 19.6. The number of para-hydroxylation sites is 2. The van der Waals surface area contributed by atoms with Gasteiger partial charge < -0.3 is 19.1 Å². The Balaban J connectivity index is 1.50. The summed E-state index contributed by atoms with van der Waals surface area (Å²) in [5.74, 6) is 2.49. The number of fused-ring (bicyclic) bond motifs is 1. The van der Waals surface area contributed by atoms with Crippen LogP contribution >= 0.6 is 11.8 Å². The van der Waals surface area contributed by atoms with Gasteiger partial charge in [0.15, 0.2) is 5.16 Å². The summed E-state index contributed by atoms with van der Waals surface area (Å²) < 4.78 is 13.5. The second-order valence-corrected chi connectivity index (χ2v) is 7.19. The zero-order chi connectivity index (χ0) is 18.9. The number of aromatic nitrogens is 2. The first-order valence-corrected chi connectivity index (χ1v) is 10.3. The molecular weight excluding hydrogens is 360 g/mol. The molecule has 0 atom stereocenters. The monoisotopic (exact) mass is 386 g/mol. The molecule has 0 aliphatic rings. The van der Waals surface area contributed by atoms with E-state index >= 15 is 0 Å². The lowest BCUT2D eigenvalue weighted by Gasteiger charge is -2.09. The summed E-state index contributed by atoms with van der Waals surface area (Å²) in [4.78, 5) is 4.67. The lowest BCUT2D eigenvalue weighted by molar-refractivity contribution is 0.273. The van der Waals surface area contributed by atoms with Gasteiger partial charge in [-0.3, -0.25) is 0 Å². The molecule has 5 nitrogen and oxygen atoms in total. The highest BCUT2D eigenvalue weighted by Crippen LogP contribution is 2.24. The molecule has 3 aromatic rings. The van der Waals surface area contributed by atoms with Gasteiger partial charge in [-0.05, 0) is 42.8 Å². The number of rotatable bonds is 11. The fourth-order valence-electron chi connectivity index (χ4n) is 2.74. The molecule has 0 radical (unpaired) electrons. The molecule has 0 saturated heterocycles. The number of aliphatic hydroxyl groups excluding tert-OH is 1. The van der Waals surface area contributed by atoms with Gasteiger partial charge in [0, 0.05) is 12.3 Å². The number of nitrogens with zero attached hydrogens (tertiary/aromatic N) is 2. The molecular formula is C21H26N2O3S. The Hall–Kier alpha value is -2.18. The Morgan fingerprint density at radius 3 is 2.41 bits per heavy atom. The molecule has 0 amide bonds. The van der Waals surface area contributed by atoms with Crippen molar-refractivity contribution in [2.75, 3.05) is 25.6 Å². The zero-order valence-electron chi connectivity index (χ0n) is 15.6. The van der Waals surface area contributed by atoms with E-state index in [-0.39, 0.29) is 6.61 Å². The van der Waals surface area contributed by atoms with E-state index in [0.29, 0.717) is 13.2 Å². The minimum Gasteiger partial charge on any atom is -0.494 e. The minimum atomic E-state index is 0.0943. The Kier molecular flexibility index (Phi) is 7.42. The fraction of sp³-hybridized carbons (Fsp3) is 0.381. The molecule has 1 heterocycles. The second-order valence-electron chi connectivity index (χ2n) is 6.13. The number of hydrogen-bond acceptors (Lipinski definition) is 5. The van der Waals surface area contributed by atoms with Crippen LogP contribution in [-0.4, -0.2) is 40.2 Å². The molecule has 6 heteroatoms. The molecule has 0 bridgehead atoms. The largest absolute Gasteiger partial charge is 0.494 e. The summed E-state index contributed by atoms with van der Waals surface area (Å²) in [6.45, 7) is 4.13. The first-order valence-electron chi connectivity index (χ1n) is 9.36. The van der Waals surface area contributed by atoms with E-state index in [2.05, 4.69) is 16.5 Å². The number of unbranched alkanes of at least 4 members (excludes halogenated alkanes) is 1. The Morgan fingerprint density at radius 2 is 1.70 bits per heavy atom. The smallest absolute Gasteiger partial charge is 0.169 e. The van der Waals surface area contributed by atoms with E-state index in [4.69, 9.17) is 9.47 Å². The van der Waals surface area contributed by atoms with Gasteiger partial charge in [-0.15, -0.1) is 0 Å². The van der Waals surface area contributed by atoms with Crippen LogP contribution in [0.2, 0.25) is 0 Å². The van der Waals surface area contributed by atoms with E-state index in [0.717, 1.165) is 52.9 Å². The van der Waals surface area contributed by atoms with E-state index in [9.17, 15) is 5.11 Å². The van der Waals surface area contributed by atoms with Gasteiger partial charge in [-0.2, -0.15) is 0 Å². The van der Waals surface area contributed by atoms with Crippen LogP contribution in [0.5, 0.6) is 11.5 Å². The molecule has 0 fully saturated rings. The standard InChI is InChI=1S/C21H26N2O3S/c1-2-3-14-25-17-8-10-18(11-9-17)26-15-16-27-21-22-19-6-4-5-7-20(19)23(21)12-13-24/h4-11,24H,2-3,12-16H2,1H3. The quantitative estimate of drug-likeness (QED) is 0.391. The normalized spacial score (nSPS) is 11.0. The predicted molar refractivity (Wildman–Crippen MR) is 110 cm³/mol. The molecule has 144 valence electrons. The molecule has 1 aromatic heterocycles. The summed E-state index contributed by atoms with van der Waals surface area (Å²) in [7, 11) is 0. The Morgan fingerprint density at radius 1 is 1.00 bits per heavy atom. The highest BCUT2D eigenvalue weighted by Gasteiger charge is 2.10. The van der Waals surface area contributed by atoms with Crippen LogP contribution in [0, 0.1) is 0 Å². The SMILES string of the molecule is CCCCOc1ccc(OCCSc2nc3ccccc3n2CCO)cc1. The van der Waals surface area contributed by atoms with Crippen LogP contribution in [0.1, 0.15) is 19.8 Å². The third-order valence-electron chi connectivity index (χ3n) is 4.12. The van der Waals surface area contributed by atoms with E-state index in [1.54, 1.807) is 11.8 Å². The van der Waals surface area contributed by atoms with Crippen molar-refractivity contribution in [3.8, 4) is 11.5 Å². The van der Waals surface area contributed by atoms with Crippen LogP contribution in [0.25, 0.3) is 11.0 Å². The van der Waals surface area contributed by atoms with Crippen LogP contribution in [-0.2, 0) is 6.54 Å². The Labute approximate surface area is 164 Å². The van der Waals surface area contributed by atoms with Crippen molar-refractivity contribution in [2.45, 2.75) is 31.5 Å². The van der Waals surface area contributed by atoms with Crippen molar-refractivity contribution < 1.29 is 14.6 Å². The zero-order valence-corrected chi connectivity index (χ0v) is 16.5. The average molecular weight is 387 g/mol.